The molecule has 1 aromatic rings. The lowest BCUT2D eigenvalue weighted by Crippen LogP contribution is -2.26. The molecule has 3 nitrogen and oxygen atoms in total. The lowest BCUT2D eigenvalue weighted by atomic mass is 10.1. The van der Waals surface area contributed by atoms with Crippen molar-refractivity contribution in [2.45, 2.75) is 19.8 Å². The first-order valence-corrected chi connectivity index (χ1v) is 7.36. The second-order valence-electron chi connectivity index (χ2n) is 5.20. The van der Waals surface area contributed by atoms with Crippen LogP contribution in [0.3, 0.4) is 0 Å². The van der Waals surface area contributed by atoms with Gasteiger partial charge in [0.25, 0.3) is 0 Å². The third-order valence-electron chi connectivity index (χ3n) is 3.79. The molecule has 1 fully saturated rings. The van der Waals surface area contributed by atoms with Crippen LogP contribution in [0.2, 0.25) is 0 Å². The summed E-state index contributed by atoms with van der Waals surface area (Å²) in [5.41, 5.74) is 0.900. The third-order valence-corrected chi connectivity index (χ3v) is 3.79. The van der Waals surface area contributed by atoms with E-state index in [0.29, 0.717) is 0 Å². The number of aliphatic hydroxyl groups is 1. The van der Waals surface area contributed by atoms with E-state index >= 15 is 0 Å². The Morgan fingerprint density at radius 3 is 2.80 bits per heavy atom. The average molecular weight is 273 g/mol. The number of hydrogen-bond donors (Lipinski definition) is 1. The molecule has 0 aromatic heterocycles. The number of aliphatic hydroxyl groups excluding tert-OH is 1. The van der Waals surface area contributed by atoms with E-state index in [1.807, 2.05) is 24.3 Å². The normalized spacial score (nSPS) is 18.6. The maximum Gasteiger partial charge on any atom is 0.119 e. The van der Waals surface area contributed by atoms with E-state index in [0.717, 1.165) is 30.4 Å². The van der Waals surface area contributed by atoms with Gasteiger partial charge >= 0.3 is 0 Å². The van der Waals surface area contributed by atoms with Crippen molar-refractivity contribution in [2.75, 3.05) is 32.8 Å². The van der Waals surface area contributed by atoms with E-state index in [-0.39, 0.29) is 6.61 Å². The summed E-state index contributed by atoms with van der Waals surface area (Å²) in [5, 5.41) is 8.64. The van der Waals surface area contributed by atoms with E-state index in [2.05, 4.69) is 23.7 Å². The lowest BCUT2D eigenvalue weighted by Gasteiger charge is -2.16. The fourth-order valence-electron chi connectivity index (χ4n) is 2.52. The zero-order chi connectivity index (χ0) is 14.2. The molecule has 1 heterocycles. The summed E-state index contributed by atoms with van der Waals surface area (Å²) < 4.78 is 5.76. The highest BCUT2D eigenvalue weighted by atomic mass is 16.5. The Labute approximate surface area is 121 Å². The molecule has 1 aliphatic rings. The number of nitrogens with zero attached hydrogens (tertiary/aromatic N) is 1. The van der Waals surface area contributed by atoms with Crippen LogP contribution in [0.1, 0.15) is 25.3 Å². The Balaban J connectivity index is 1.72. The summed E-state index contributed by atoms with van der Waals surface area (Å²) in [4.78, 5) is 2.48. The van der Waals surface area contributed by atoms with Gasteiger partial charge in [0, 0.05) is 18.7 Å². The lowest BCUT2D eigenvalue weighted by molar-refractivity contribution is 0.232. The number of rotatable bonds is 5. The molecular formula is C17H23NO2. The number of hydrogen-bond acceptors (Lipinski definition) is 3. The van der Waals surface area contributed by atoms with E-state index < -0.39 is 0 Å². The second-order valence-corrected chi connectivity index (χ2v) is 5.20. The first kappa shape index (κ1) is 14.9. The van der Waals surface area contributed by atoms with E-state index in [1.165, 1.54) is 25.9 Å². The van der Waals surface area contributed by atoms with E-state index in [4.69, 9.17) is 9.84 Å². The van der Waals surface area contributed by atoms with E-state index in [9.17, 15) is 0 Å². The number of likely N-dealkylation sites (tertiary alicyclic amines) is 1. The topological polar surface area (TPSA) is 32.7 Å². The molecule has 108 valence electrons. The van der Waals surface area contributed by atoms with Gasteiger partial charge in [-0.1, -0.05) is 25.2 Å². The van der Waals surface area contributed by atoms with Crippen molar-refractivity contribution >= 4 is 0 Å². The van der Waals surface area contributed by atoms with Crippen molar-refractivity contribution in [3.8, 4) is 17.6 Å². The molecule has 1 unspecified atom stereocenters. The molecule has 0 aliphatic carbocycles. The van der Waals surface area contributed by atoms with Crippen molar-refractivity contribution in [2.24, 2.45) is 5.92 Å². The number of benzene rings is 1. The van der Waals surface area contributed by atoms with Gasteiger partial charge in [-0.3, -0.25) is 4.90 Å². The van der Waals surface area contributed by atoms with Gasteiger partial charge in [-0.25, -0.2) is 0 Å². The molecule has 0 saturated carbocycles. The van der Waals surface area contributed by atoms with Crippen molar-refractivity contribution in [1.29, 1.82) is 0 Å². The highest BCUT2D eigenvalue weighted by molar-refractivity contribution is 5.38. The SMILES string of the molecule is CCC1CCN(CCOc2ccc(C#CCO)cc2)C1. The Morgan fingerprint density at radius 1 is 1.35 bits per heavy atom. The molecule has 0 amide bonds. The minimum absolute atomic E-state index is 0.104. The molecular weight excluding hydrogens is 250 g/mol. The highest BCUT2D eigenvalue weighted by Gasteiger charge is 2.20. The van der Waals surface area contributed by atoms with Gasteiger partial charge in [0.15, 0.2) is 0 Å². The van der Waals surface area contributed by atoms with Crippen LogP contribution in [-0.2, 0) is 0 Å². The third kappa shape index (κ3) is 4.56. The van der Waals surface area contributed by atoms with Crippen molar-refractivity contribution in [3.05, 3.63) is 29.8 Å². The zero-order valence-electron chi connectivity index (χ0n) is 12.1. The van der Waals surface area contributed by atoms with Crippen LogP contribution < -0.4 is 4.74 Å². The van der Waals surface area contributed by atoms with Crippen LogP contribution in [0, 0.1) is 17.8 Å². The van der Waals surface area contributed by atoms with Gasteiger partial charge in [0.2, 0.25) is 0 Å². The van der Waals surface area contributed by atoms with Gasteiger partial charge < -0.3 is 9.84 Å². The van der Waals surface area contributed by atoms with Crippen LogP contribution in [0.15, 0.2) is 24.3 Å². The summed E-state index contributed by atoms with van der Waals surface area (Å²) >= 11 is 0. The molecule has 1 atom stereocenters. The predicted octanol–water partition coefficient (Wildman–Crippen LogP) is 2.14. The Morgan fingerprint density at radius 2 is 2.15 bits per heavy atom. The molecule has 2 rings (SSSR count). The minimum Gasteiger partial charge on any atom is -0.492 e. The fourth-order valence-corrected chi connectivity index (χ4v) is 2.52. The average Bonchev–Trinajstić information content (AvgIpc) is 2.94. The fraction of sp³-hybridized carbons (Fsp3) is 0.529. The van der Waals surface area contributed by atoms with Gasteiger partial charge in [-0.05, 0) is 43.1 Å². The van der Waals surface area contributed by atoms with Gasteiger partial charge in [-0.15, -0.1) is 0 Å². The van der Waals surface area contributed by atoms with Crippen LogP contribution in [0.5, 0.6) is 5.75 Å². The van der Waals surface area contributed by atoms with E-state index in [1.54, 1.807) is 0 Å². The molecule has 0 bridgehead atoms. The maximum atomic E-state index is 8.64. The van der Waals surface area contributed by atoms with Crippen LogP contribution in [0.25, 0.3) is 0 Å². The quantitative estimate of drug-likeness (QED) is 0.834. The molecule has 3 heteroatoms. The summed E-state index contributed by atoms with van der Waals surface area (Å²) in [6, 6.07) is 7.70. The van der Waals surface area contributed by atoms with Crippen LogP contribution >= 0.6 is 0 Å². The molecule has 1 saturated heterocycles. The highest BCUT2D eigenvalue weighted by Crippen LogP contribution is 2.18. The standard InChI is InChI=1S/C17H23NO2/c1-2-15-9-10-18(14-15)11-13-20-17-7-5-16(6-8-17)4-3-12-19/h5-8,15,19H,2,9-14H2,1H3. The van der Waals surface area contributed by atoms with Crippen molar-refractivity contribution < 1.29 is 9.84 Å². The second kappa shape index (κ2) is 7.94. The summed E-state index contributed by atoms with van der Waals surface area (Å²) in [5.74, 6) is 7.26. The number of ether oxygens (including phenoxy) is 1. The van der Waals surface area contributed by atoms with Crippen LogP contribution in [-0.4, -0.2) is 42.9 Å². The predicted molar refractivity (Wildman–Crippen MR) is 80.7 cm³/mol. The molecule has 1 aromatic carbocycles. The molecule has 0 radical (unpaired) electrons. The van der Waals surface area contributed by atoms with Gasteiger partial charge in [0.1, 0.15) is 19.0 Å². The summed E-state index contributed by atoms with van der Waals surface area (Å²) in [6.07, 6.45) is 2.61. The Bertz CT molecular complexity index is 458. The maximum absolute atomic E-state index is 8.64. The molecule has 1 N–H and O–H groups in total. The van der Waals surface area contributed by atoms with Crippen molar-refractivity contribution in [3.63, 3.8) is 0 Å². The zero-order valence-corrected chi connectivity index (χ0v) is 12.1. The summed E-state index contributed by atoms with van der Waals surface area (Å²) in [7, 11) is 0. The summed E-state index contributed by atoms with van der Waals surface area (Å²) in [6.45, 7) is 6.33. The Kier molecular flexibility index (Phi) is 5.91. The molecule has 0 spiro atoms. The first-order chi connectivity index (χ1) is 9.81. The largest absolute Gasteiger partial charge is 0.492 e. The smallest absolute Gasteiger partial charge is 0.119 e. The van der Waals surface area contributed by atoms with Crippen molar-refractivity contribution in [1.82, 2.24) is 4.90 Å². The monoisotopic (exact) mass is 273 g/mol. The molecule has 20 heavy (non-hydrogen) atoms. The van der Waals surface area contributed by atoms with Crippen LogP contribution in [0.4, 0.5) is 0 Å². The van der Waals surface area contributed by atoms with Gasteiger partial charge in [0.05, 0.1) is 0 Å². The Hall–Kier alpha value is -1.50. The molecule has 1 aliphatic heterocycles. The van der Waals surface area contributed by atoms with Gasteiger partial charge in [-0.2, -0.15) is 0 Å². The minimum atomic E-state index is -0.104. The first-order valence-electron chi connectivity index (χ1n) is 7.36.